The average molecular weight is 369 g/mol. The fourth-order valence-corrected chi connectivity index (χ4v) is 4.03. The topological polar surface area (TPSA) is 78.8 Å². The molecule has 5 nitrogen and oxygen atoms in total. The van der Waals surface area contributed by atoms with E-state index in [1.807, 2.05) is 30.3 Å². The number of hydrogen-bond donors (Lipinski definition) is 3. The third-order valence-electron chi connectivity index (χ3n) is 5.73. The molecule has 0 heterocycles. The van der Waals surface area contributed by atoms with Crippen molar-refractivity contribution < 1.29 is 19.7 Å². The standard InChI is InChI=1S/C22H27NO4/c1-27-19-10-6-5-9-18(19)20(24)23-15-22(17-7-3-2-4-8-17)13-11-16(12-14-22)21(25)26/h2-10,16,21,25-26H,11-15H2,1H3,(H,23,24). The Kier molecular flexibility index (Phi) is 6.14. The minimum Gasteiger partial charge on any atom is -0.496 e. The van der Waals surface area contributed by atoms with E-state index in [1.54, 1.807) is 19.2 Å². The van der Waals surface area contributed by atoms with Gasteiger partial charge in [0.2, 0.25) is 0 Å². The molecule has 5 heteroatoms. The van der Waals surface area contributed by atoms with Crippen LogP contribution in [0.3, 0.4) is 0 Å². The maximum atomic E-state index is 12.7. The third kappa shape index (κ3) is 4.31. The van der Waals surface area contributed by atoms with E-state index in [1.165, 1.54) is 5.56 Å². The minimum absolute atomic E-state index is 0.105. The van der Waals surface area contributed by atoms with Gasteiger partial charge in [-0.15, -0.1) is 0 Å². The number of hydrogen-bond acceptors (Lipinski definition) is 4. The molecule has 0 aromatic heterocycles. The van der Waals surface area contributed by atoms with Gasteiger partial charge in [-0.2, -0.15) is 0 Å². The summed E-state index contributed by atoms with van der Waals surface area (Å²) < 4.78 is 5.29. The molecule has 0 bridgehead atoms. The van der Waals surface area contributed by atoms with Crippen molar-refractivity contribution in [3.8, 4) is 5.75 Å². The first-order chi connectivity index (χ1) is 13.1. The number of carbonyl (C=O) groups is 1. The van der Waals surface area contributed by atoms with E-state index in [-0.39, 0.29) is 17.2 Å². The molecule has 2 aromatic rings. The number of rotatable bonds is 6. The summed E-state index contributed by atoms with van der Waals surface area (Å²) in [4.78, 5) is 12.7. The van der Waals surface area contributed by atoms with Crippen molar-refractivity contribution in [3.05, 3.63) is 65.7 Å². The maximum absolute atomic E-state index is 12.7. The fraction of sp³-hybridized carbons (Fsp3) is 0.409. The molecule has 27 heavy (non-hydrogen) atoms. The molecular weight excluding hydrogens is 342 g/mol. The van der Waals surface area contributed by atoms with Gasteiger partial charge in [-0.1, -0.05) is 42.5 Å². The number of aliphatic hydroxyl groups is 2. The Morgan fingerprint density at radius 1 is 1.11 bits per heavy atom. The van der Waals surface area contributed by atoms with Gasteiger partial charge in [-0.3, -0.25) is 4.79 Å². The highest BCUT2D eigenvalue weighted by atomic mass is 16.5. The van der Waals surface area contributed by atoms with Crippen LogP contribution in [0.2, 0.25) is 0 Å². The normalized spacial score (nSPS) is 22.4. The first-order valence-electron chi connectivity index (χ1n) is 9.38. The van der Waals surface area contributed by atoms with E-state index in [0.29, 0.717) is 17.9 Å². The van der Waals surface area contributed by atoms with E-state index in [9.17, 15) is 15.0 Å². The van der Waals surface area contributed by atoms with Crippen LogP contribution in [-0.2, 0) is 5.41 Å². The molecule has 144 valence electrons. The molecule has 1 aliphatic rings. The first-order valence-corrected chi connectivity index (χ1v) is 9.38. The maximum Gasteiger partial charge on any atom is 0.255 e. The van der Waals surface area contributed by atoms with Gasteiger partial charge < -0.3 is 20.3 Å². The lowest BCUT2D eigenvalue weighted by molar-refractivity contribution is -0.0973. The SMILES string of the molecule is COc1ccccc1C(=O)NCC1(c2ccccc2)CCC(C(O)O)CC1. The summed E-state index contributed by atoms with van der Waals surface area (Å²) in [7, 11) is 1.55. The summed E-state index contributed by atoms with van der Waals surface area (Å²) in [6.45, 7) is 0.502. The van der Waals surface area contributed by atoms with Gasteiger partial charge >= 0.3 is 0 Å². The van der Waals surface area contributed by atoms with E-state index < -0.39 is 6.29 Å². The first kappa shape index (κ1) is 19.4. The van der Waals surface area contributed by atoms with Gasteiger partial charge in [-0.05, 0) is 43.4 Å². The van der Waals surface area contributed by atoms with Gasteiger partial charge in [0.15, 0.2) is 6.29 Å². The highest BCUT2D eigenvalue weighted by Gasteiger charge is 2.38. The third-order valence-corrected chi connectivity index (χ3v) is 5.73. The van der Waals surface area contributed by atoms with E-state index >= 15 is 0 Å². The smallest absolute Gasteiger partial charge is 0.255 e. The zero-order chi connectivity index (χ0) is 19.3. The number of ether oxygens (including phenoxy) is 1. The van der Waals surface area contributed by atoms with Gasteiger partial charge in [-0.25, -0.2) is 0 Å². The molecule has 1 fully saturated rings. The van der Waals surface area contributed by atoms with Gasteiger partial charge in [0.25, 0.3) is 5.91 Å². The van der Waals surface area contributed by atoms with Crippen LogP contribution in [-0.4, -0.2) is 36.1 Å². The number of aliphatic hydroxyl groups excluding tert-OH is 1. The van der Waals surface area contributed by atoms with Crippen LogP contribution in [0.5, 0.6) is 5.75 Å². The molecule has 1 saturated carbocycles. The Bertz CT molecular complexity index is 752. The van der Waals surface area contributed by atoms with E-state index in [0.717, 1.165) is 25.7 Å². The van der Waals surface area contributed by atoms with Crippen molar-refractivity contribution in [2.24, 2.45) is 5.92 Å². The van der Waals surface area contributed by atoms with Crippen LogP contribution in [0.4, 0.5) is 0 Å². The second kappa shape index (κ2) is 8.55. The summed E-state index contributed by atoms with van der Waals surface area (Å²) >= 11 is 0. The lowest BCUT2D eigenvalue weighted by atomic mass is 9.66. The molecular formula is C22H27NO4. The van der Waals surface area contributed by atoms with Crippen LogP contribution < -0.4 is 10.1 Å². The Morgan fingerprint density at radius 3 is 2.37 bits per heavy atom. The average Bonchev–Trinajstić information content (AvgIpc) is 2.72. The monoisotopic (exact) mass is 369 g/mol. The van der Waals surface area contributed by atoms with Crippen molar-refractivity contribution in [2.45, 2.75) is 37.4 Å². The molecule has 0 unspecified atom stereocenters. The molecule has 2 aromatic carbocycles. The molecule has 1 amide bonds. The number of para-hydroxylation sites is 1. The molecule has 3 N–H and O–H groups in total. The Balaban J connectivity index is 1.78. The summed E-state index contributed by atoms with van der Waals surface area (Å²) in [5.41, 5.74) is 1.49. The summed E-state index contributed by atoms with van der Waals surface area (Å²) in [6.07, 6.45) is 1.76. The zero-order valence-corrected chi connectivity index (χ0v) is 15.6. The quantitative estimate of drug-likeness (QED) is 0.684. The van der Waals surface area contributed by atoms with Gasteiger partial charge in [0.1, 0.15) is 5.75 Å². The number of benzene rings is 2. The second-order valence-corrected chi connectivity index (χ2v) is 7.28. The lowest BCUT2D eigenvalue weighted by Gasteiger charge is -2.41. The predicted molar refractivity (Wildman–Crippen MR) is 104 cm³/mol. The van der Waals surface area contributed by atoms with Crippen molar-refractivity contribution in [1.29, 1.82) is 0 Å². The highest BCUT2D eigenvalue weighted by molar-refractivity contribution is 5.96. The van der Waals surface area contributed by atoms with Crippen LogP contribution >= 0.6 is 0 Å². The molecule has 0 spiro atoms. The summed E-state index contributed by atoms with van der Waals surface area (Å²) in [5, 5.41) is 22.1. The summed E-state index contributed by atoms with van der Waals surface area (Å²) in [5.74, 6) is 0.287. The van der Waals surface area contributed by atoms with Crippen LogP contribution in [0.25, 0.3) is 0 Å². The molecule has 3 rings (SSSR count). The Morgan fingerprint density at radius 2 is 1.74 bits per heavy atom. The lowest BCUT2D eigenvalue weighted by Crippen LogP contribution is -2.44. The largest absolute Gasteiger partial charge is 0.496 e. The van der Waals surface area contributed by atoms with Crippen LogP contribution in [0, 0.1) is 5.92 Å². The highest BCUT2D eigenvalue weighted by Crippen LogP contribution is 2.42. The molecule has 0 atom stereocenters. The fourth-order valence-electron chi connectivity index (χ4n) is 4.03. The Hall–Kier alpha value is -2.37. The molecule has 0 aliphatic heterocycles. The van der Waals surface area contributed by atoms with E-state index in [4.69, 9.17) is 4.74 Å². The van der Waals surface area contributed by atoms with Gasteiger partial charge in [0.05, 0.1) is 12.7 Å². The Labute approximate surface area is 160 Å². The number of methoxy groups -OCH3 is 1. The van der Waals surface area contributed by atoms with E-state index in [2.05, 4.69) is 17.4 Å². The zero-order valence-electron chi connectivity index (χ0n) is 15.6. The summed E-state index contributed by atoms with van der Waals surface area (Å²) in [6, 6.07) is 17.3. The van der Waals surface area contributed by atoms with Crippen LogP contribution in [0.1, 0.15) is 41.6 Å². The molecule has 1 aliphatic carbocycles. The van der Waals surface area contributed by atoms with Crippen molar-refractivity contribution in [1.82, 2.24) is 5.32 Å². The number of nitrogens with one attached hydrogen (secondary N) is 1. The minimum atomic E-state index is -1.28. The number of amides is 1. The molecule has 0 radical (unpaired) electrons. The second-order valence-electron chi connectivity index (χ2n) is 7.28. The number of carbonyl (C=O) groups excluding carboxylic acids is 1. The van der Waals surface area contributed by atoms with Gasteiger partial charge in [0, 0.05) is 17.9 Å². The van der Waals surface area contributed by atoms with Crippen LogP contribution in [0.15, 0.2) is 54.6 Å². The van der Waals surface area contributed by atoms with Crippen molar-refractivity contribution in [3.63, 3.8) is 0 Å². The molecule has 0 saturated heterocycles. The predicted octanol–water partition coefficient (Wildman–Crippen LogP) is 2.86. The van der Waals surface area contributed by atoms with Crippen molar-refractivity contribution in [2.75, 3.05) is 13.7 Å². The van der Waals surface area contributed by atoms with Crippen molar-refractivity contribution >= 4 is 5.91 Å².